The van der Waals surface area contributed by atoms with E-state index >= 15 is 0 Å². The number of benzene rings is 22. The predicted molar refractivity (Wildman–Crippen MR) is 502 cm³/mol. The Labute approximate surface area is 696 Å². The summed E-state index contributed by atoms with van der Waals surface area (Å²) in [7, 11) is 0. The van der Waals surface area contributed by atoms with Crippen molar-refractivity contribution in [3.05, 3.63) is 437 Å². The fourth-order valence-corrected chi connectivity index (χ4v) is 18.6. The Bertz CT molecular complexity index is 8630. The van der Waals surface area contributed by atoms with Crippen molar-refractivity contribution in [2.45, 2.75) is 0 Å². The van der Waals surface area contributed by atoms with Gasteiger partial charge >= 0.3 is 0 Å². The average Bonchev–Trinajstić information content (AvgIpc) is 1.04. The molecule has 0 radical (unpaired) electrons. The van der Waals surface area contributed by atoms with Crippen molar-refractivity contribution in [3.63, 3.8) is 0 Å². The van der Waals surface area contributed by atoms with Gasteiger partial charge in [0.25, 0.3) is 0 Å². The summed E-state index contributed by atoms with van der Waals surface area (Å²) in [6.07, 6.45) is 0. The minimum Gasteiger partial charge on any atom is -0.456 e. The molecule has 2 heteroatoms. The molecule has 0 spiro atoms. The minimum absolute atomic E-state index is 0.205. The van der Waals surface area contributed by atoms with Crippen LogP contribution in [0.3, 0.4) is 0 Å². The van der Waals surface area contributed by atoms with E-state index in [9.17, 15) is 0 Å². The number of hydrogen-bond acceptors (Lipinski definition) is 2. The topological polar surface area (TPSA) is 26.3 Å². The van der Waals surface area contributed by atoms with Gasteiger partial charge in [0.05, 0.1) is 13.7 Å². The first-order valence-corrected chi connectivity index (χ1v) is 39.8. The maximum Gasteiger partial charge on any atom is 0.136 e. The second-order valence-corrected chi connectivity index (χ2v) is 30.4. The second-order valence-electron chi connectivity index (χ2n) is 30.4. The number of para-hydroxylation sites is 1. The van der Waals surface area contributed by atoms with Gasteiger partial charge in [-0.3, -0.25) is 0 Å². The van der Waals surface area contributed by atoms with Gasteiger partial charge in [-0.1, -0.05) is 376 Å². The summed E-state index contributed by atoms with van der Waals surface area (Å²) in [6.45, 7) is 0. The molecule has 548 valence electrons. The second kappa shape index (κ2) is 28.3. The molecule has 0 fully saturated rings. The smallest absolute Gasteiger partial charge is 0.136 e. The van der Waals surface area contributed by atoms with Crippen LogP contribution in [-0.4, -0.2) is 0 Å². The highest BCUT2D eigenvalue weighted by Crippen LogP contribution is 2.50. The lowest BCUT2D eigenvalue weighted by Crippen LogP contribution is -1.91. The van der Waals surface area contributed by atoms with Crippen LogP contribution in [0.15, 0.2) is 445 Å². The van der Waals surface area contributed by atoms with E-state index in [-0.39, 0.29) is 59.5 Å². The van der Waals surface area contributed by atoms with Crippen molar-refractivity contribution in [3.8, 4) is 111 Å². The zero-order chi connectivity index (χ0) is 86.4. The van der Waals surface area contributed by atoms with Gasteiger partial charge in [-0.25, -0.2) is 0 Å². The van der Waals surface area contributed by atoms with Crippen molar-refractivity contribution in [1.29, 1.82) is 0 Å². The summed E-state index contributed by atoms with van der Waals surface area (Å²) in [5.41, 5.74) is 22.9. The lowest BCUT2D eigenvalue weighted by molar-refractivity contribution is 0.668. The van der Waals surface area contributed by atoms with Crippen molar-refractivity contribution < 1.29 is 22.5 Å². The van der Waals surface area contributed by atoms with Gasteiger partial charge in [-0.2, -0.15) is 0 Å². The highest BCUT2D eigenvalue weighted by atomic mass is 16.3. The van der Waals surface area contributed by atoms with Gasteiger partial charge in [0.2, 0.25) is 0 Å². The summed E-state index contributed by atoms with van der Waals surface area (Å²) in [6, 6.07) is 128. The van der Waals surface area contributed by atoms with Gasteiger partial charge in [-0.05, 0) is 253 Å². The molecule has 2 nitrogen and oxygen atoms in total. The zero-order valence-corrected chi connectivity index (χ0v) is 63.6. The summed E-state index contributed by atoms with van der Waals surface area (Å²) >= 11 is 0. The zero-order valence-electron chi connectivity index (χ0n) is 73.6. The molecular formula is C116H72O2. The highest BCUT2D eigenvalue weighted by molar-refractivity contribution is 6.25. The van der Waals surface area contributed by atoms with E-state index < -0.39 is 12.1 Å². The van der Waals surface area contributed by atoms with Crippen LogP contribution in [0.2, 0.25) is 0 Å². The molecule has 0 aliphatic carbocycles. The molecule has 24 rings (SSSR count). The Balaban J connectivity index is 0.000000149. The normalized spacial score (nSPS) is 12.9. The van der Waals surface area contributed by atoms with Crippen LogP contribution in [0, 0.1) is 0 Å². The van der Waals surface area contributed by atoms with Crippen LogP contribution in [-0.2, 0) is 0 Å². The van der Waals surface area contributed by atoms with Gasteiger partial charge in [-0.15, -0.1) is 0 Å². The van der Waals surface area contributed by atoms with E-state index in [0.29, 0.717) is 11.1 Å². The molecule has 0 amide bonds. The molecule has 0 N–H and O–H groups in total. The lowest BCUT2D eigenvalue weighted by Gasteiger charge is -2.18. The Morgan fingerprint density at radius 2 is 0.483 bits per heavy atom. The Hall–Kier alpha value is -15.5. The van der Waals surface area contributed by atoms with E-state index in [1.165, 1.54) is 49.0 Å². The third kappa shape index (κ3) is 11.5. The number of furan rings is 2. The minimum atomic E-state index is -0.402. The number of hydrogen-bond donors (Lipinski definition) is 0. The first-order chi connectivity index (χ1) is 62.7. The van der Waals surface area contributed by atoms with Gasteiger partial charge in [0.15, 0.2) is 0 Å². The molecule has 0 aliphatic heterocycles. The fourth-order valence-electron chi connectivity index (χ4n) is 18.6. The largest absolute Gasteiger partial charge is 0.456 e. The molecule has 2 aromatic heterocycles. The molecule has 0 aliphatic rings. The third-order valence-corrected chi connectivity index (χ3v) is 23.9. The molecule has 0 saturated heterocycles. The summed E-state index contributed by atoms with van der Waals surface area (Å²) in [5.74, 6) is 0. The Morgan fingerprint density at radius 1 is 0.153 bits per heavy atom. The Kier molecular flexibility index (Phi) is 14.0. The van der Waals surface area contributed by atoms with Gasteiger partial charge < -0.3 is 8.83 Å². The van der Waals surface area contributed by atoms with Gasteiger partial charge in [0.1, 0.15) is 22.3 Å². The van der Waals surface area contributed by atoms with Crippen LogP contribution < -0.4 is 0 Å². The summed E-state index contributed by atoms with van der Waals surface area (Å²) in [5, 5.41) is 20.9. The quantitative estimate of drug-likeness (QED) is 0.101. The third-order valence-electron chi connectivity index (χ3n) is 23.9. The van der Waals surface area contributed by atoms with Crippen LogP contribution in [0.5, 0.6) is 0 Å². The van der Waals surface area contributed by atoms with Crippen molar-refractivity contribution in [2.24, 2.45) is 0 Å². The molecule has 118 heavy (non-hydrogen) atoms. The van der Waals surface area contributed by atoms with Gasteiger partial charge in [0, 0.05) is 27.1 Å². The molecule has 0 bridgehead atoms. The molecule has 0 saturated carbocycles. The summed E-state index contributed by atoms with van der Waals surface area (Å²) < 4.78 is 98.8. The van der Waals surface area contributed by atoms with E-state index in [2.05, 4.69) is 291 Å². The first kappa shape index (κ1) is 58.4. The standard InChI is InChI=1S/C64H40O.C52H32O/c1-4-16-41(17-5-1)50-36-37-59-64(63(50)44-20-8-3-9-21-44)57-35-33-47(40-60(57)65-59)46-32-34-49-48(38-46)39-58(52-23-11-10-22-51(49)52)42-28-30-45(31-29-42)62-55-26-14-12-24-53(55)61(43-18-6-2-7-19-43)54-25-13-15-27-56(54)62;1-2-12-34(13-3-1)51-43-17-6-8-19-45(43)52(46-20-9-7-18-44(46)51)35-24-22-33(23-25-35)36-26-28-39-38(30-36)32-47(41-15-5-4-14-40(39)41)37-27-29-50-48(31-37)42-16-10-11-21-49(42)53-50/h1-40H;1-32H/i2D,6D,7D,18D,19D;1D,2D,3D,12D,13D. The van der Waals surface area contributed by atoms with Crippen LogP contribution in [0.1, 0.15) is 13.7 Å². The number of rotatable bonds is 10. The maximum atomic E-state index is 8.94. The van der Waals surface area contributed by atoms with Crippen molar-refractivity contribution >= 4 is 130 Å². The molecular weight excluding hydrogens is 1430 g/mol. The first-order valence-electron chi connectivity index (χ1n) is 44.8. The predicted octanol–water partition coefficient (Wildman–Crippen LogP) is 33.1. The molecule has 0 atom stereocenters. The molecule has 24 aromatic rings. The average molecular weight is 1510 g/mol. The molecule has 0 unspecified atom stereocenters. The highest BCUT2D eigenvalue weighted by Gasteiger charge is 2.23. The fraction of sp³-hybridized carbons (Fsp3) is 0. The molecule has 22 aromatic carbocycles. The van der Waals surface area contributed by atoms with E-state index in [4.69, 9.17) is 22.5 Å². The SMILES string of the molecule is [2H]c1c([2H])c([2H])c(-c2c3ccccc3c(-c3ccc(-c4cc5cc(-c6ccc7c(c6)oc6ccc(-c8ccccc8)c(-c8ccccc8)c67)ccc5c5ccccc45)cc3)c3ccccc23)c([2H])c1[2H].[2H]c1c([2H])c([2H])c(-c2c3ccccc3c(-c3ccc(-c4ccc5c(c4)cc(-c4ccc6oc7ccccc7c6c4)c4ccccc45)cc3)c3ccccc23)c([2H])c1[2H]. The molecule has 2 heterocycles. The van der Waals surface area contributed by atoms with Crippen LogP contribution in [0.25, 0.3) is 241 Å². The van der Waals surface area contributed by atoms with E-state index in [0.717, 1.165) is 170 Å². The number of fused-ring (bicyclic) bond motifs is 16. The van der Waals surface area contributed by atoms with E-state index in [1.807, 2.05) is 84.9 Å². The van der Waals surface area contributed by atoms with Crippen LogP contribution >= 0.6 is 0 Å². The lowest BCUT2D eigenvalue weighted by atomic mass is 9.85. The van der Waals surface area contributed by atoms with Crippen molar-refractivity contribution in [2.75, 3.05) is 0 Å². The van der Waals surface area contributed by atoms with E-state index in [1.54, 1.807) is 0 Å². The monoisotopic (exact) mass is 1510 g/mol. The maximum absolute atomic E-state index is 8.94. The van der Waals surface area contributed by atoms with Crippen molar-refractivity contribution in [1.82, 2.24) is 0 Å². The van der Waals surface area contributed by atoms with Crippen LogP contribution in [0.4, 0.5) is 0 Å². The Morgan fingerprint density at radius 3 is 0.983 bits per heavy atom. The summed E-state index contributed by atoms with van der Waals surface area (Å²) in [4.78, 5) is 0.